The van der Waals surface area contributed by atoms with Crippen LogP contribution in [0.2, 0.25) is 0 Å². The van der Waals surface area contributed by atoms with Crippen molar-refractivity contribution in [2.24, 2.45) is 0 Å². The van der Waals surface area contributed by atoms with Gasteiger partial charge in [0.15, 0.2) is 0 Å². The van der Waals surface area contributed by atoms with Crippen molar-refractivity contribution in [1.82, 2.24) is 14.9 Å². The Morgan fingerprint density at radius 2 is 1.71 bits per heavy atom. The van der Waals surface area contributed by atoms with Crippen molar-refractivity contribution in [3.05, 3.63) is 113 Å². The zero-order valence-electron chi connectivity index (χ0n) is 20.0. The number of fused-ring (bicyclic) bond motifs is 1. The molecular weight excluding hydrogens is 436 g/mol. The minimum Gasteiger partial charge on any atom is -0.438 e. The van der Waals surface area contributed by atoms with E-state index in [4.69, 9.17) is 14.7 Å². The Kier molecular flexibility index (Phi) is 6.44. The number of carbonyl (C=O) groups excluding carboxylic acids is 1. The van der Waals surface area contributed by atoms with Crippen LogP contribution in [0.1, 0.15) is 32.7 Å². The van der Waals surface area contributed by atoms with Gasteiger partial charge in [0.05, 0.1) is 17.8 Å². The van der Waals surface area contributed by atoms with Crippen LogP contribution in [0.15, 0.2) is 84.9 Å². The number of carbonyl (C=O) groups is 1. The fraction of sp³-hybridized carbons (Fsp3) is 0.207. The summed E-state index contributed by atoms with van der Waals surface area (Å²) in [7, 11) is 1.99. The number of anilines is 1. The van der Waals surface area contributed by atoms with Crippen LogP contribution in [-0.2, 0) is 19.5 Å². The second-order valence-corrected chi connectivity index (χ2v) is 8.86. The molecule has 0 radical (unpaired) electrons. The van der Waals surface area contributed by atoms with Crippen LogP contribution in [0.4, 0.5) is 5.95 Å². The van der Waals surface area contributed by atoms with Gasteiger partial charge in [0.2, 0.25) is 11.8 Å². The van der Waals surface area contributed by atoms with E-state index in [1.165, 1.54) is 5.56 Å². The van der Waals surface area contributed by atoms with Crippen LogP contribution < -0.4 is 9.64 Å². The minimum absolute atomic E-state index is 0.00280. The predicted octanol–water partition coefficient (Wildman–Crippen LogP) is 5.41. The fourth-order valence-electron chi connectivity index (χ4n) is 4.28. The molecule has 6 heteroatoms. The molecule has 0 atom stereocenters. The van der Waals surface area contributed by atoms with E-state index in [2.05, 4.69) is 12.1 Å². The van der Waals surface area contributed by atoms with E-state index >= 15 is 0 Å². The number of hydrogen-bond donors (Lipinski definition) is 0. The molecule has 176 valence electrons. The van der Waals surface area contributed by atoms with Gasteiger partial charge in [-0.3, -0.25) is 4.79 Å². The van der Waals surface area contributed by atoms with Crippen LogP contribution in [0.3, 0.4) is 0 Å². The lowest BCUT2D eigenvalue weighted by molar-refractivity contribution is 0.0732. The SMILES string of the molecule is Cc1cccc(Oc2nc(N(C)Cc3ccccc3)nc3c2CN(C(=O)c2ccccc2)CC3)c1. The van der Waals surface area contributed by atoms with Crippen LogP contribution in [0.5, 0.6) is 11.6 Å². The zero-order valence-corrected chi connectivity index (χ0v) is 20.0. The summed E-state index contributed by atoms with van der Waals surface area (Å²) in [5, 5.41) is 0. The molecule has 4 aromatic rings. The molecule has 0 aliphatic carbocycles. The van der Waals surface area contributed by atoms with E-state index in [9.17, 15) is 4.79 Å². The molecule has 0 saturated heterocycles. The summed E-state index contributed by atoms with van der Waals surface area (Å²) in [5.74, 6) is 1.83. The van der Waals surface area contributed by atoms with Crippen LogP contribution in [-0.4, -0.2) is 34.4 Å². The molecule has 1 aromatic heterocycles. The van der Waals surface area contributed by atoms with Gasteiger partial charge < -0.3 is 14.5 Å². The molecule has 0 bridgehead atoms. The first-order valence-electron chi connectivity index (χ1n) is 11.8. The van der Waals surface area contributed by atoms with Crippen molar-refractivity contribution in [2.45, 2.75) is 26.4 Å². The first-order chi connectivity index (χ1) is 17.1. The number of amides is 1. The molecule has 0 N–H and O–H groups in total. The van der Waals surface area contributed by atoms with E-state index in [0.29, 0.717) is 49.2 Å². The third kappa shape index (κ3) is 5.17. The molecule has 2 heterocycles. The average molecular weight is 465 g/mol. The van der Waals surface area contributed by atoms with Gasteiger partial charge in [-0.2, -0.15) is 4.98 Å². The molecule has 0 unspecified atom stereocenters. The molecule has 0 fully saturated rings. The minimum atomic E-state index is 0.00280. The van der Waals surface area contributed by atoms with Gasteiger partial charge in [0.1, 0.15) is 5.75 Å². The van der Waals surface area contributed by atoms with Crippen LogP contribution in [0, 0.1) is 6.92 Å². The highest BCUT2D eigenvalue weighted by Gasteiger charge is 2.28. The number of aryl methyl sites for hydroxylation is 1. The Bertz CT molecular complexity index is 1330. The number of hydrogen-bond acceptors (Lipinski definition) is 5. The highest BCUT2D eigenvalue weighted by molar-refractivity contribution is 5.94. The van der Waals surface area contributed by atoms with Crippen LogP contribution >= 0.6 is 0 Å². The van der Waals surface area contributed by atoms with E-state index in [1.807, 2.05) is 96.6 Å². The van der Waals surface area contributed by atoms with Gasteiger partial charge in [-0.25, -0.2) is 4.98 Å². The van der Waals surface area contributed by atoms with Gasteiger partial charge >= 0.3 is 0 Å². The fourth-order valence-corrected chi connectivity index (χ4v) is 4.28. The summed E-state index contributed by atoms with van der Waals surface area (Å²) < 4.78 is 6.32. The lowest BCUT2D eigenvalue weighted by Crippen LogP contribution is -2.37. The van der Waals surface area contributed by atoms with Crippen LogP contribution in [0.25, 0.3) is 0 Å². The highest BCUT2D eigenvalue weighted by atomic mass is 16.5. The Morgan fingerprint density at radius 3 is 2.46 bits per heavy atom. The monoisotopic (exact) mass is 464 g/mol. The largest absolute Gasteiger partial charge is 0.438 e. The topological polar surface area (TPSA) is 58.6 Å². The maximum atomic E-state index is 13.1. The number of nitrogens with zero attached hydrogens (tertiary/aromatic N) is 4. The molecule has 35 heavy (non-hydrogen) atoms. The standard InChI is InChI=1S/C29H28N4O2/c1-21-10-9-15-24(18-21)35-27-25-20-33(28(34)23-13-7-4-8-14-23)17-16-26(25)30-29(31-27)32(2)19-22-11-5-3-6-12-22/h3-15,18H,16-17,19-20H2,1-2H3. The van der Waals surface area contributed by atoms with E-state index in [0.717, 1.165) is 16.8 Å². The summed E-state index contributed by atoms with van der Waals surface area (Å²) in [5.41, 5.74) is 4.75. The third-order valence-corrected chi connectivity index (χ3v) is 6.13. The summed E-state index contributed by atoms with van der Waals surface area (Å²) in [4.78, 5) is 26.7. The van der Waals surface area contributed by atoms with Crippen molar-refractivity contribution in [1.29, 1.82) is 0 Å². The van der Waals surface area contributed by atoms with Crippen molar-refractivity contribution < 1.29 is 9.53 Å². The second kappa shape index (κ2) is 9.97. The first-order valence-corrected chi connectivity index (χ1v) is 11.8. The number of ether oxygens (including phenoxy) is 1. The molecule has 0 spiro atoms. The summed E-state index contributed by atoms with van der Waals surface area (Å²) in [6.07, 6.45) is 0.646. The Morgan fingerprint density at radius 1 is 0.971 bits per heavy atom. The Labute approximate surface area is 205 Å². The Balaban J connectivity index is 1.48. The Hall–Kier alpha value is -4.19. The maximum Gasteiger partial charge on any atom is 0.254 e. The van der Waals surface area contributed by atoms with Gasteiger partial charge in [0.25, 0.3) is 5.91 Å². The number of aromatic nitrogens is 2. The van der Waals surface area contributed by atoms with Crippen molar-refractivity contribution in [2.75, 3.05) is 18.5 Å². The summed E-state index contributed by atoms with van der Waals surface area (Å²) in [6, 6.07) is 27.5. The molecule has 1 amide bonds. The van der Waals surface area contributed by atoms with Gasteiger partial charge in [-0.15, -0.1) is 0 Å². The number of benzene rings is 3. The lowest BCUT2D eigenvalue weighted by Gasteiger charge is -2.30. The van der Waals surface area contributed by atoms with E-state index in [1.54, 1.807) is 0 Å². The van der Waals surface area contributed by atoms with E-state index < -0.39 is 0 Å². The van der Waals surface area contributed by atoms with Crippen molar-refractivity contribution >= 4 is 11.9 Å². The van der Waals surface area contributed by atoms with Crippen molar-refractivity contribution in [3.63, 3.8) is 0 Å². The zero-order chi connectivity index (χ0) is 24.2. The first kappa shape index (κ1) is 22.6. The predicted molar refractivity (Wildman–Crippen MR) is 137 cm³/mol. The summed E-state index contributed by atoms with van der Waals surface area (Å²) in [6.45, 7) is 3.72. The second-order valence-electron chi connectivity index (χ2n) is 8.86. The molecule has 0 saturated carbocycles. The van der Waals surface area contributed by atoms with Gasteiger partial charge in [-0.1, -0.05) is 60.7 Å². The molecule has 1 aliphatic rings. The smallest absolute Gasteiger partial charge is 0.254 e. The number of rotatable bonds is 6. The van der Waals surface area contributed by atoms with Gasteiger partial charge in [-0.05, 0) is 42.3 Å². The summed E-state index contributed by atoms with van der Waals surface area (Å²) >= 11 is 0. The van der Waals surface area contributed by atoms with Crippen molar-refractivity contribution in [3.8, 4) is 11.6 Å². The quantitative estimate of drug-likeness (QED) is 0.382. The normalized spacial score (nSPS) is 12.7. The lowest BCUT2D eigenvalue weighted by atomic mass is 10.1. The highest BCUT2D eigenvalue weighted by Crippen LogP contribution is 2.32. The molecule has 6 nitrogen and oxygen atoms in total. The van der Waals surface area contributed by atoms with E-state index in [-0.39, 0.29) is 5.91 Å². The molecular formula is C29H28N4O2. The molecule has 1 aliphatic heterocycles. The average Bonchev–Trinajstić information content (AvgIpc) is 2.89. The van der Waals surface area contributed by atoms with Gasteiger partial charge in [0, 0.05) is 32.1 Å². The molecule has 5 rings (SSSR count). The molecule has 3 aromatic carbocycles. The third-order valence-electron chi connectivity index (χ3n) is 6.13. The maximum absolute atomic E-state index is 13.1.